The number of nitrogens with zero attached hydrogens (tertiary/aromatic N) is 3. The molecule has 1 atom stereocenters. The van der Waals surface area contributed by atoms with Crippen molar-refractivity contribution >= 4 is 9.84 Å². The van der Waals surface area contributed by atoms with Crippen molar-refractivity contribution in [1.29, 1.82) is 0 Å². The van der Waals surface area contributed by atoms with Gasteiger partial charge < -0.3 is 9.42 Å². The molecule has 0 spiro atoms. The van der Waals surface area contributed by atoms with Crippen LogP contribution in [0.3, 0.4) is 0 Å². The van der Waals surface area contributed by atoms with Crippen LogP contribution in [0.1, 0.15) is 30.5 Å². The molecule has 0 bridgehead atoms. The van der Waals surface area contributed by atoms with E-state index in [0.717, 1.165) is 25.9 Å². The van der Waals surface area contributed by atoms with Crippen molar-refractivity contribution in [2.45, 2.75) is 25.7 Å². The van der Waals surface area contributed by atoms with Crippen LogP contribution in [-0.4, -0.2) is 55.1 Å². The zero-order valence-electron chi connectivity index (χ0n) is 10.8. The number of hydrogen-bond acceptors (Lipinski definition) is 6. The molecule has 2 rings (SSSR count). The Morgan fingerprint density at radius 2 is 2.28 bits per heavy atom. The van der Waals surface area contributed by atoms with Crippen molar-refractivity contribution in [2.24, 2.45) is 0 Å². The van der Waals surface area contributed by atoms with Crippen LogP contribution < -0.4 is 0 Å². The van der Waals surface area contributed by atoms with Gasteiger partial charge in [-0.2, -0.15) is 4.98 Å². The lowest BCUT2D eigenvalue weighted by Gasteiger charge is -2.30. The number of hydrogen-bond donors (Lipinski definition) is 0. The van der Waals surface area contributed by atoms with E-state index in [1.807, 2.05) is 0 Å². The molecule has 1 fully saturated rings. The van der Waals surface area contributed by atoms with Crippen LogP contribution in [0, 0.1) is 6.92 Å². The molecule has 1 aliphatic rings. The van der Waals surface area contributed by atoms with E-state index >= 15 is 0 Å². The summed E-state index contributed by atoms with van der Waals surface area (Å²) in [5.74, 6) is 1.78. The third-order valence-electron chi connectivity index (χ3n) is 3.18. The Hall–Kier alpha value is -0.950. The van der Waals surface area contributed by atoms with Crippen molar-refractivity contribution in [2.75, 3.05) is 31.6 Å². The minimum Gasteiger partial charge on any atom is -0.339 e. The molecular weight excluding hydrogens is 254 g/mol. The summed E-state index contributed by atoms with van der Waals surface area (Å²) in [6.45, 7) is 4.13. The number of aromatic nitrogens is 2. The number of likely N-dealkylation sites (tertiary alicyclic amines) is 1. The summed E-state index contributed by atoms with van der Waals surface area (Å²) in [5.41, 5.74) is 0. The Bertz CT molecular complexity index is 497. The average molecular weight is 273 g/mol. The minimum absolute atomic E-state index is 0.211. The van der Waals surface area contributed by atoms with E-state index in [1.54, 1.807) is 6.92 Å². The zero-order valence-corrected chi connectivity index (χ0v) is 11.6. The predicted octanol–water partition coefficient (Wildman–Crippen LogP) is 0.602. The highest BCUT2D eigenvalue weighted by molar-refractivity contribution is 7.90. The molecule has 0 amide bonds. The molecule has 18 heavy (non-hydrogen) atoms. The molecule has 0 aliphatic carbocycles. The molecule has 2 heterocycles. The van der Waals surface area contributed by atoms with Gasteiger partial charge in [0.05, 0.1) is 11.7 Å². The van der Waals surface area contributed by atoms with Crippen LogP contribution in [0.15, 0.2) is 4.52 Å². The van der Waals surface area contributed by atoms with Gasteiger partial charge in [0.2, 0.25) is 5.89 Å². The summed E-state index contributed by atoms with van der Waals surface area (Å²) in [6.07, 6.45) is 3.34. The lowest BCUT2D eigenvalue weighted by Crippen LogP contribution is -2.37. The number of aryl methyl sites for hydroxylation is 1. The second-order valence-corrected chi connectivity index (χ2v) is 7.21. The summed E-state index contributed by atoms with van der Waals surface area (Å²) in [6, 6.07) is 0. The summed E-state index contributed by atoms with van der Waals surface area (Å²) in [5, 5.41) is 3.80. The highest BCUT2D eigenvalue weighted by Gasteiger charge is 2.25. The quantitative estimate of drug-likeness (QED) is 0.799. The molecule has 7 heteroatoms. The van der Waals surface area contributed by atoms with Crippen LogP contribution in [-0.2, 0) is 9.84 Å². The topological polar surface area (TPSA) is 76.3 Å². The Kier molecular flexibility index (Phi) is 4.01. The predicted molar refractivity (Wildman–Crippen MR) is 67.2 cm³/mol. The molecular formula is C11H19N3O3S. The van der Waals surface area contributed by atoms with Crippen molar-refractivity contribution < 1.29 is 12.9 Å². The van der Waals surface area contributed by atoms with Gasteiger partial charge in [-0.1, -0.05) is 5.16 Å². The Balaban J connectivity index is 1.92. The van der Waals surface area contributed by atoms with E-state index in [0.29, 0.717) is 18.3 Å². The smallest absolute Gasteiger partial charge is 0.231 e. The van der Waals surface area contributed by atoms with Gasteiger partial charge in [0.1, 0.15) is 9.84 Å². The zero-order chi connectivity index (χ0) is 13.2. The van der Waals surface area contributed by atoms with Crippen LogP contribution >= 0.6 is 0 Å². The van der Waals surface area contributed by atoms with Gasteiger partial charge in [-0.05, 0) is 26.3 Å². The van der Waals surface area contributed by atoms with Crippen LogP contribution in [0.4, 0.5) is 0 Å². The van der Waals surface area contributed by atoms with Crippen molar-refractivity contribution in [1.82, 2.24) is 15.0 Å². The first-order valence-corrected chi connectivity index (χ1v) is 8.20. The SMILES string of the molecule is Cc1noc([C@H]2CCCN(CCS(C)(=O)=O)C2)n1. The molecule has 0 N–H and O–H groups in total. The Labute approximate surface area is 107 Å². The molecule has 1 saturated heterocycles. The highest BCUT2D eigenvalue weighted by Crippen LogP contribution is 2.25. The maximum Gasteiger partial charge on any atom is 0.231 e. The van der Waals surface area contributed by atoms with E-state index < -0.39 is 9.84 Å². The summed E-state index contributed by atoms with van der Waals surface area (Å²) in [4.78, 5) is 6.42. The molecule has 0 saturated carbocycles. The molecule has 6 nitrogen and oxygen atoms in total. The first-order valence-electron chi connectivity index (χ1n) is 6.14. The van der Waals surface area contributed by atoms with Crippen LogP contribution in [0.2, 0.25) is 0 Å². The monoisotopic (exact) mass is 273 g/mol. The Morgan fingerprint density at radius 3 is 2.89 bits per heavy atom. The van der Waals surface area contributed by atoms with E-state index in [1.165, 1.54) is 6.26 Å². The van der Waals surface area contributed by atoms with Crippen LogP contribution in [0.5, 0.6) is 0 Å². The number of piperidine rings is 1. The molecule has 0 unspecified atom stereocenters. The second-order valence-electron chi connectivity index (χ2n) is 4.95. The average Bonchev–Trinajstić information content (AvgIpc) is 2.73. The van der Waals surface area contributed by atoms with E-state index in [4.69, 9.17) is 4.52 Å². The third kappa shape index (κ3) is 3.78. The maximum atomic E-state index is 11.2. The molecule has 0 aromatic carbocycles. The summed E-state index contributed by atoms with van der Waals surface area (Å²) >= 11 is 0. The van der Waals surface area contributed by atoms with Gasteiger partial charge >= 0.3 is 0 Å². The number of sulfone groups is 1. The van der Waals surface area contributed by atoms with Gasteiger partial charge in [-0.25, -0.2) is 8.42 Å². The molecule has 102 valence electrons. The minimum atomic E-state index is -2.89. The second kappa shape index (κ2) is 5.36. The molecule has 1 aromatic rings. The normalized spacial score (nSPS) is 22.2. The number of rotatable bonds is 4. The third-order valence-corrected chi connectivity index (χ3v) is 4.10. The fraction of sp³-hybridized carbons (Fsp3) is 0.818. The van der Waals surface area contributed by atoms with Crippen molar-refractivity contribution in [3.63, 3.8) is 0 Å². The fourth-order valence-electron chi connectivity index (χ4n) is 2.23. The lowest BCUT2D eigenvalue weighted by molar-refractivity contribution is 0.195. The van der Waals surface area contributed by atoms with Crippen LogP contribution in [0.25, 0.3) is 0 Å². The molecule has 1 aliphatic heterocycles. The van der Waals surface area contributed by atoms with Crippen molar-refractivity contribution in [3.8, 4) is 0 Å². The molecule has 0 radical (unpaired) electrons. The van der Waals surface area contributed by atoms with Gasteiger partial charge in [0, 0.05) is 19.3 Å². The van der Waals surface area contributed by atoms with Gasteiger partial charge in [0.25, 0.3) is 0 Å². The lowest BCUT2D eigenvalue weighted by atomic mass is 9.98. The fourth-order valence-corrected chi connectivity index (χ4v) is 2.82. The standard InChI is InChI=1S/C11H19N3O3S/c1-9-12-11(17-13-9)10-4-3-5-14(8-10)6-7-18(2,15)16/h10H,3-8H2,1-2H3/t10-/m0/s1. The first-order chi connectivity index (χ1) is 8.44. The largest absolute Gasteiger partial charge is 0.339 e. The van der Waals surface area contributed by atoms with E-state index in [-0.39, 0.29) is 11.7 Å². The summed E-state index contributed by atoms with van der Waals surface area (Å²) in [7, 11) is -2.89. The highest BCUT2D eigenvalue weighted by atomic mass is 32.2. The summed E-state index contributed by atoms with van der Waals surface area (Å²) < 4.78 is 27.5. The van der Waals surface area contributed by atoms with E-state index in [9.17, 15) is 8.42 Å². The van der Waals surface area contributed by atoms with Gasteiger partial charge in [-0.3, -0.25) is 0 Å². The first kappa shape index (κ1) is 13.5. The molecule has 1 aromatic heterocycles. The van der Waals surface area contributed by atoms with Crippen molar-refractivity contribution in [3.05, 3.63) is 11.7 Å². The van der Waals surface area contributed by atoms with Gasteiger partial charge in [0.15, 0.2) is 5.82 Å². The Morgan fingerprint density at radius 1 is 1.50 bits per heavy atom. The van der Waals surface area contributed by atoms with E-state index in [2.05, 4.69) is 15.0 Å². The van der Waals surface area contributed by atoms with Gasteiger partial charge in [-0.15, -0.1) is 0 Å². The maximum absolute atomic E-state index is 11.2.